The fraction of sp³-hybridized carbons (Fsp3) is 0.143. The van der Waals surface area contributed by atoms with E-state index in [0.717, 1.165) is 27.2 Å². The topological polar surface area (TPSA) is 0 Å². The summed E-state index contributed by atoms with van der Waals surface area (Å²) in [7, 11) is 0. The van der Waals surface area contributed by atoms with Gasteiger partial charge in [0.05, 0.1) is 5.56 Å². The van der Waals surface area contributed by atoms with E-state index in [4.69, 9.17) is 0 Å². The average Bonchev–Trinajstić information content (AvgIpc) is 2.80. The number of benzene rings is 2. The van der Waals surface area contributed by atoms with Gasteiger partial charge in [0.2, 0.25) is 0 Å². The summed E-state index contributed by atoms with van der Waals surface area (Å²) < 4.78 is 40.1. The van der Waals surface area contributed by atoms with E-state index in [9.17, 15) is 13.2 Å². The third-order valence-corrected chi connectivity index (χ3v) is 4.69. The van der Waals surface area contributed by atoms with Crippen LogP contribution in [0.1, 0.15) is 5.56 Å². The van der Waals surface area contributed by atoms with Crippen LogP contribution >= 0.6 is 23.1 Å². The minimum absolute atomic E-state index is 0.274. The van der Waals surface area contributed by atoms with Crippen molar-refractivity contribution in [2.75, 3.05) is 6.26 Å². The summed E-state index contributed by atoms with van der Waals surface area (Å²) in [4.78, 5) is 0.274. The van der Waals surface area contributed by atoms with E-state index >= 15 is 0 Å². The van der Waals surface area contributed by atoms with Gasteiger partial charge >= 0.3 is 6.18 Å². The molecule has 0 N–H and O–H groups in total. The summed E-state index contributed by atoms with van der Waals surface area (Å²) in [5.41, 5.74) is -0.554. The lowest BCUT2D eigenvalue weighted by Crippen LogP contribution is -2.06. The molecule has 1 heterocycles. The van der Waals surface area contributed by atoms with Gasteiger partial charge in [-0.15, -0.1) is 23.1 Å². The molecule has 0 aliphatic heterocycles. The standard InChI is InChI=1S/C14H9F3S2/c1-18-13-7-10-6-12-8(2-3-19-12)4-9(10)5-11(13)14(15,16)17/h2-7H,1H3. The maximum Gasteiger partial charge on any atom is 0.417 e. The van der Waals surface area contributed by atoms with E-state index in [1.54, 1.807) is 23.7 Å². The lowest BCUT2D eigenvalue weighted by atomic mass is 10.1. The summed E-state index contributed by atoms with van der Waals surface area (Å²) >= 11 is 2.72. The van der Waals surface area contributed by atoms with Gasteiger partial charge in [-0.25, -0.2) is 0 Å². The van der Waals surface area contributed by atoms with Gasteiger partial charge in [-0.3, -0.25) is 0 Å². The summed E-state index contributed by atoms with van der Waals surface area (Å²) in [5.74, 6) is 0. The van der Waals surface area contributed by atoms with Crippen molar-refractivity contribution in [2.45, 2.75) is 11.1 Å². The van der Waals surface area contributed by atoms with Crippen molar-refractivity contribution in [1.29, 1.82) is 0 Å². The van der Waals surface area contributed by atoms with Gasteiger partial charge in [-0.05, 0) is 58.1 Å². The van der Waals surface area contributed by atoms with Gasteiger partial charge in [0.25, 0.3) is 0 Å². The van der Waals surface area contributed by atoms with Crippen molar-refractivity contribution in [3.8, 4) is 0 Å². The first-order chi connectivity index (χ1) is 8.99. The zero-order chi connectivity index (χ0) is 13.6. The van der Waals surface area contributed by atoms with Gasteiger partial charge in [-0.1, -0.05) is 0 Å². The second-order valence-electron chi connectivity index (χ2n) is 4.21. The summed E-state index contributed by atoms with van der Waals surface area (Å²) in [6.45, 7) is 0. The number of thiophene rings is 1. The fourth-order valence-electron chi connectivity index (χ4n) is 2.13. The molecule has 0 aliphatic carbocycles. The van der Waals surface area contributed by atoms with Crippen LogP contribution in [0.25, 0.3) is 20.9 Å². The first-order valence-corrected chi connectivity index (χ1v) is 7.65. The molecule has 0 nitrogen and oxygen atoms in total. The van der Waals surface area contributed by atoms with E-state index in [1.807, 2.05) is 23.6 Å². The van der Waals surface area contributed by atoms with Crippen LogP contribution in [0.4, 0.5) is 13.2 Å². The highest BCUT2D eigenvalue weighted by Crippen LogP contribution is 2.39. The molecular weight excluding hydrogens is 289 g/mol. The average molecular weight is 298 g/mol. The maximum absolute atomic E-state index is 13.0. The van der Waals surface area contributed by atoms with Crippen LogP contribution < -0.4 is 0 Å². The van der Waals surface area contributed by atoms with Crippen molar-refractivity contribution in [3.63, 3.8) is 0 Å². The molecule has 0 saturated heterocycles. The Hall–Kier alpha value is -1.20. The van der Waals surface area contributed by atoms with Crippen LogP contribution in [0.15, 0.2) is 40.6 Å². The molecule has 0 unspecified atom stereocenters. The van der Waals surface area contributed by atoms with Gasteiger partial charge < -0.3 is 0 Å². The Morgan fingerprint density at radius 2 is 1.74 bits per heavy atom. The summed E-state index contributed by atoms with van der Waals surface area (Å²) in [6.07, 6.45) is -2.64. The van der Waals surface area contributed by atoms with Crippen molar-refractivity contribution in [2.24, 2.45) is 0 Å². The Morgan fingerprint density at radius 3 is 2.42 bits per heavy atom. The molecule has 0 atom stereocenters. The second kappa shape index (κ2) is 4.42. The predicted octanol–water partition coefficient (Wildman–Crippen LogP) is 5.80. The highest BCUT2D eigenvalue weighted by Gasteiger charge is 2.33. The van der Waals surface area contributed by atoms with E-state index in [0.29, 0.717) is 5.39 Å². The number of alkyl halides is 3. The Morgan fingerprint density at radius 1 is 1.00 bits per heavy atom. The van der Waals surface area contributed by atoms with Crippen LogP contribution in [0.5, 0.6) is 0 Å². The lowest BCUT2D eigenvalue weighted by Gasteiger charge is -2.13. The summed E-state index contributed by atoms with van der Waals surface area (Å²) in [6, 6.07) is 8.57. The predicted molar refractivity (Wildman–Crippen MR) is 76.1 cm³/mol. The molecule has 0 bridgehead atoms. The molecule has 3 rings (SSSR count). The SMILES string of the molecule is CSc1cc2cc3sccc3cc2cc1C(F)(F)F. The molecule has 0 fully saturated rings. The van der Waals surface area contributed by atoms with E-state index < -0.39 is 11.7 Å². The van der Waals surface area contributed by atoms with Crippen molar-refractivity contribution in [1.82, 2.24) is 0 Å². The zero-order valence-electron chi connectivity index (χ0n) is 9.91. The fourth-order valence-corrected chi connectivity index (χ4v) is 3.59. The Kier molecular flexibility index (Phi) is 2.98. The van der Waals surface area contributed by atoms with Crippen molar-refractivity contribution >= 4 is 44.0 Å². The number of halogens is 3. The largest absolute Gasteiger partial charge is 0.417 e. The summed E-state index contributed by atoms with van der Waals surface area (Å²) in [5, 5.41) is 4.43. The smallest absolute Gasteiger partial charge is 0.166 e. The van der Waals surface area contributed by atoms with Gasteiger partial charge in [-0.2, -0.15) is 13.2 Å². The van der Waals surface area contributed by atoms with Gasteiger partial charge in [0.1, 0.15) is 0 Å². The molecule has 0 saturated carbocycles. The number of rotatable bonds is 1. The van der Waals surface area contributed by atoms with Gasteiger partial charge in [0.15, 0.2) is 0 Å². The molecule has 0 amide bonds. The van der Waals surface area contributed by atoms with Crippen LogP contribution in [0.3, 0.4) is 0 Å². The van der Waals surface area contributed by atoms with Crippen LogP contribution in [0.2, 0.25) is 0 Å². The molecule has 0 radical (unpaired) electrons. The quantitative estimate of drug-likeness (QED) is 0.512. The number of thioether (sulfide) groups is 1. The number of hydrogen-bond donors (Lipinski definition) is 0. The first kappa shape index (κ1) is 12.8. The third-order valence-electron chi connectivity index (χ3n) is 3.04. The lowest BCUT2D eigenvalue weighted by molar-refractivity contribution is -0.139. The van der Waals surface area contributed by atoms with Gasteiger partial charge in [0, 0.05) is 9.60 Å². The van der Waals surface area contributed by atoms with Crippen molar-refractivity contribution in [3.05, 3.63) is 41.3 Å². The monoisotopic (exact) mass is 298 g/mol. The number of fused-ring (bicyclic) bond motifs is 2. The van der Waals surface area contributed by atoms with E-state index in [-0.39, 0.29) is 4.90 Å². The highest BCUT2D eigenvalue weighted by molar-refractivity contribution is 7.98. The minimum Gasteiger partial charge on any atom is -0.166 e. The molecule has 0 spiro atoms. The van der Waals surface area contributed by atoms with E-state index in [1.165, 1.54) is 6.07 Å². The highest BCUT2D eigenvalue weighted by atomic mass is 32.2. The first-order valence-electron chi connectivity index (χ1n) is 5.55. The number of hydrogen-bond acceptors (Lipinski definition) is 2. The third kappa shape index (κ3) is 2.21. The molecule has 5 heteroatoms. The molecular formula is C14H9F3S2. The maximum atomic E-state index is 13.0. The molecule has 1 aromatic heterocycles. The Labute approximate surface area is 116 Å². The second-order valence-corrected chi connectivity index (χ2v) is 6.00. The Balaban J connectivity index is 2.36. The minimum atomic E-state index is -4.31. The molecule has 2 aromatic carbocycles. The Bertz CT molecular complexity index is 756. The van der Waals surface area contributed by atoms with Crippen LogP contribution in [-0.4, -0.2) is 6.26 Å². The molecule has 3 aromatic rings. The van der Waals surface area contributed by atoms with Crippen molar-refractivity contribution < 1.29 is 13.2 Å². The van der Waals surface area contributed by atoms with Crippen LogP contribution in [0, 0.1) is 0 Å². The normalized spacial score (nSPS) is 12.4. The van der Waals surface area contributed by atoms with Crippen LogP contribution in [-0.2, 0) is 6.18 Å². The zero-order valence-corrected chi connectivity index (χ0v) is 11.5. The molecule has 0 aliphatic rings. The van der Waals surface area contributed by atoms with E-state index in [2.05, 4.69) is 0 Å². The molecule has 98 valence electrons. The molecule has 19 heavy (non-hydrogen) atoms.